The Kier molecular flexibility index (Phi) is 4.30. The van der Waals surface area contributed by atoms with Gasteiger partial charge in [0, 0.05) is 12.1 Å². The molecule has 1 unspecified atom stereocenters. The predicted molar refractivity (Wildman–Crippen MR) is 64.0 cm³/mol. The maximum atomic E-state index is 8.99. The molecule has 0 radical (unpaired) electrons. The van der Waals surface area contributed by atoms with Crippen LogP contribution in [0.3, 0.4) is 0 Å². The van der Waals surface area contributed by atoms with E-state index in [4.69, 9.17) is 5.11 Å². The molecule has 0 aromatic heterocycles. The first-order chi connectivity index (χ1) is 7.06. The molecule has 0 spiro atoms. The summed E-state index contributed by atoms with van der Waals surface area (Å²) in [6.45, 7) is 8.57. The van der Waals surface area contributed by atoms with Crippen molar-refractivity contribution in [1.82, 2.24) is 5.32 Å². The smallest absolute Gasteiger partial charge is 0.0582 e. The minimum Gasteiger partial charge on any atom is -0.395 e. The molecule has 15 heavy (non-hydrogen) atoms. The molecule has 0 aliphatic carbocycles. The lowest BCUT2D eigenvalue weighted by atomic mass is 9.98. The van der Waals surface area contributed by atoms with E-state index in [0.29, 0.717) is 0 Å². The van der Waals surface area contributed by atoms with Crippen LogP contribution in [0.15, 0.2) is 18.2 Å². The number of hydrogen-bond acceptors (Lipinski definition) is 2. The fourth-order valence-corrected chi connectivity index (χ4v) is 1.81. The Morgan fingerprint density at radius 3 is 2.53 bits per heavy atom. The second-order valence-corrected chi connectivity index (χ2v) is 4.26. The number of aliphatic hydroxyl groups excluding tert-OH is 1. The van der Waals surface area contributed by atoms with Crippen molar-refractivity contribution in [1.29, 1.82) is 0 Å². The molecule has 2 N–H and O–H groups in total. The van der Waals surface area contributed by atoms with E-state index in [1.54, 1.807) is 0 Å². The van der Waals surface area contributed by atoms with E-state index >= 15 is 0 Å². The average Bonchev–Trinajstić information content (AvgIpc) is 2.21. The lowest BCUT2D eigenvalue weighted by molar-refractivity contribution is 0.243. The summed E-state index contributed by atoms with van der Waals surface area (Å²) in [6, 6.07) is 6.77. The Labute approximate surface area is 92.3 Å². The van der Waals surface area contributed by atoms with Gasteiger partial charge in [-0.3, -0.25) is 0 Å². The van der Waals surface area contributed by atoms with Crippen LogP contribution in [0.4, 0.5) is 0 Å². The molecule has 1 aromatic rings. The highest BCUT2D eigenvalue weighted by Gasteiger charge is 2.11. The zero-order valence-corrected chi connectivity index (χ0v) is 10.0. The van der Waals surface area contributed by atoms with Crippen molar-refractivity contribution in [3.8, 4) is 0 Å². The highest BCUT2D eigenvalue weighted by molar-refractivity contribution is 5.35. The van der Waals surface area contributed by atoms with E-state index in [9.17, 15) is 0 Å². The summed E-state index contributed by atoms with van der Waals surface area (Å²) in [5.41, 5.74) is 3.97. The van der Waals surface area contributed by atoms with Crippen LogP contribution in [0, 0.1) is 13.8 Å². The van der Waals surface area contributed by atoms with Crippen molar-refractivity contribution >= 4 is 0 Å². The lowest BCUT2D eigenvalue weighted by Gasteiger charge is -2.21. The summed E-state index contributed by atoms with van der Waals surface area (Å²) in [5.74, 6) is 0. The van der Waals surface area contributed by atoms with Crippen molar-refractivity contribution in [2.24, 2.45) is 0 Å². The third kappa shape index (κ3) is 3.05. The van der Waals surface area contributed by atoms with Gasteiger partial charge in [-0.15, -0.1) is 0 Å². The SMILES string of the molecule is Cc1cccc(C(C)N[C@@H](C)CO)c1C. The fraction of sp³-hybridized carbons (Fsp3) is 0.538. The second-order valence-electron chi connectivity index (χ2n) is 4.26. The average molecular weight is 207 g/mol. The van der Waals surface area contributed by atoms with Crippen LogP contribution in [0.2, 0.25) is 0 Å². The van der Waals surface area contributed by atoms with Gasteiger partial charge in [0.25, 0.3) is 0 Å². The van der Waals surface area contributed by atoms with Crippen molar-refractivity contribution in [3.05, 3.63) is 34.9 Å². The number of nitrogens with one attached hydrogen (secondary N) is 1. The molecule has 0 fully saturated rings. The van der Waals surface area contributed by atoms with Crippen LogP contribution in [-0.2, 0) is 0 Å². The molecular weight excluding hydrogens is 186 g/mol. The van der Waals surface area contributed by atoms with Crippen LogP contribution in [-0.4, -0.2) is 17.8 Å². The summed E-state index contributed by atoms with van der Waals surface area (Å²) in [7, 11) is 0. The Bertz CT molecular complexity index is 322. The Hall–Kier alpha value is -0.860. The van der Waals surface area contributed by atoms with Gasteiger partial charge in [-0.2, -0.15) is 0 Å². The van der Waals surface area contributed by atoms with Crippen LogP contribution in [0.25, 0.3) is 0 Å². The van der Waals surface area contributed by atoms with Gasteiger partial charge in [0.1, 0.15) is 0 Å². The first-order valence-electron chi connectivity index (χ1n) is 5.49. The van der Waals surface area contributed by atoms with Gasteiger partial charge < -0.3 is 10.4 Å². The molecule has 0 bridgehead atoms. The molecule has 2 atom stereocenters. The molecule has 0 heterocycles. The fourth-order valence-electron chi connectivity index (χ4n) is 1.81. The van der Waals surface area contributed by atoms with Crippen molar-refractivity contribution in [3.63, 3.8) is 0 Å². The topological polar surface area (TPSA) is 32.3 Å². The summed E-state index contributed by atoms with van der Waals surface area (Å²) >= 11 is 0. The minimum atomic E-state index is 0.139. The van der Waals surface area contributed by atoms with Gasteiger partial charge in [0.05, 0.1) is 6.61 Å². The van der Waals surface area contributed by atoms with Gasteiger partial charge >= 0.3 is 0 Å². The normalized spacial score (nSPS) is 15.0. The van der Waals surface area contributed by atoms with E-state index in [-0.39, 0.29) is 18.7 Å². The molecular formula is C13H21NO. The quantitative estimate of drug-likeness (QED) is 0.794. The van der Waals surface area contributed by atoms with E-state index in [1.807, 2.05) is 6.92 Å². The van der Waals surface area contributed by atoms with E-state index in [0.717, 1.165) is 0 Å². The maximum absolute atomic E-state index is 8.99. The molecule has 0 aliphatic heterocycles. The zero-order valence-electron chi connectivity index (χ0n) is 10.0. The first kappa shape index (κ1) is 12.2. The number of aliphatic hydroxyl groups is 1. The van der Waals surface area contributed by atoms with Gasteiger partial charge in [0.2, 0.25) is 0 Å². The van der Waals surface area contributed by atoms with Crippen molar-refractivity contribution < 1.29 is 5.11 Å². The minimum absolute atomic E-state index is 0.139. The monoisotopic (exact) mass is 207 g/mol. The van der Waals surface area contributed by atoms with Gasteiger partial charge in [0.15, 0.2) is 0 Å². The van der Waals surface area contributed by atoms with E-state index in [1.165, 1.54) is 16.7 Å². The Morgan fingerprint density at radius 2 is 1.93 bits per heavy atom. The van der Waals surface area contributed by atoms with Crippen LogP contribution in [0.1, 0.15) is 36.6 Å². The Balaban J connectivity index is 2.82. The van der Waals surface area contributed by atoms with Gasteiger partial charge in [-0.25, -0.2) is 0 Å². The molecule has 0 amide bonds. The lowest BCUT2D eigenvalue weighted by Crippen LogP contribution is -2.32. The summed E-state index contributed by atoms with van der Waals surface area (Å²) in [4.78, 5) is 0. The predicted octanol–water partition coefficient (Wildman–Crippen LogP) is 2.33. The number of hydrogen-bond donors (Lipinski definition) is 2. The van der Waals surface area contributed by atoms with Crippen molar-refractivity contribution in [2.45, 2.75) is 39.8 Å². The summed E-state index contributed by atoms with van der Waals surface area (Å²) in [5, 5.41) is 12.4. The molecule has 0 saturated heterocycles. The molecule has 2 heteroatoms. The summed E-state index contributed by atoms with van der Waals surface area (Å²) in [6.07, 6.45) is 0. The van der Waals surface area contributed by atoms with E-state index < -0.39 is 0 Å². The Morgan fingerprint density at radius 1 is 1.27 bits per heavy atom. The second kappa shape index (κ2) is 5.29. The third-order valence-corrected chi connectivity index (χ3v) is 2.92. The van der Waals surface area contributed by atoms with Gasteiger partial charge in [-0.1, -0.05) is 18.2 Å². The third-order valence-electron chi connectivity index (χ3n) is 2.92. The molecule has 1 rings (SSSR count). The largest absolute Gasteiger partial charge is 0.395 e. The van der Waals surface area contributed by atoms with Crippen LogP contribution >= 0.6 is 0 Å². The highest BCUT2D eigenvalue weighted by atomic mass is 16.3. The van der Waals surface area contributed by atoms with Crippen LogP contribution < -0.4 is 5.32 Å². The molecule has 0 aliphatic rings. The van der Waals surface area contributed by atoms with Gasteiger partial charge in [-0.05, 0) is 44.4 Å². The number of benzene rings is 1. The highest BCUT2D eigenvalue weighted by Crippen LogP contribution is 2.20. The van der Waals surface area contributed by atoms with Crippen LogP contribution in [0.5, 0.6) is 0 Å². The molecule has 0 saturated carbocycles. The maximum Gasteiger partial charge on any atom is 0.0582 e. The first-order valence-corrected chi connectivity index (χ1v) is 5.49. The molecule has 84 valence electrons. The van der Waals surface area contributed by atoms with E-state index in [2.05, 4.69) is 44.3 Å². The summed E-state index contributed by atoms with van der Waals surface area (Å²) < 4.78 is 0. The zero-order chi connectivity index (χ0) is 11.4. The number of rotatable bonds is 4. The number of aryl methyl sites for hydroxylation is 1. The standard InChI is InChI=1S/C13H21NO/c1-9-6-5-7-13(11(9)3)12(4)14-10(2)8-15/h5-7,10,12,14-15H,8H2,1-4H3/t10-,12?/m0/s1. The van der Waals surface area contributed by atoms with Crippen molar-refractivity contribution in [2.75, 3.05) is 6.61 Å². The molecule has 1 aromatic carbocycles. The molecule has 2 nitrogen and oxygen atoms in total.